The van der Waals surface area contributed by atoms with E-state index in [-0.39, 0.29) is 11.7 Å². The summed E-state index contributed by atoms with van der Waals surface area (Å²) >= 11 is 3.32. The maximum atomic E-state index is 11.5. The first-order chi connectivity index (χ1) is 8.00. The number of rotatable bonds is 2. The molecule has 0 aromatic heterocycles. The van der Waals surface area contributed by atoms with Gasteiger partial charge in [0.15, 0.2) is 0 Å². The molecule has 1 aliphatic rings. The highest BCUT2D eigenvalue weighted by Crippen LogP contribution is 2.33. The van der Waals surface area contributed by atoms with Crippen molar-refractivity contribution in [1.82, 2.24) is 5.32 Å². The molecule has 0 unspecified atom stereocenters. The fourth-order valence-electron chi connectivity index (χ4n) is 1.76. The first-order valence-electron chi connectivity index (χ1n) is 5.00. The third-order valence-corrected chi connectivity index (χ3v) is 3.24. The topological polar surface area (TPSA) is 75.5 Å². The lowest BCUT2D eigenvalue weighted by Gasteiger charge is -2.16. The van der Waals surface area contributed by atoms with Gasteiger partial charge in [0, 0.05) is 29.2 Å². The molecule has 1 heterocycles. The molecule has 0 atom stereocenters. The third kappa shape index (κ3) is 2.10. The minimum Gasteiger partial charge on any atom is -0.336 e. The first-order valence-corrected chi connectivity index (χ1v) is 5.80. The number of carbonyl (C=O) groups excluding carboxylic acids is 1. The van der Waals surface area contributed by atoms with Gasteiger partial charge in [-0.2, -0.15) is 0 Å². The summed E-state index contributed by atoms with van der Waals surface area (Å²) in [4.78, 5) is 23.4. The van der Waals surface area contributed by atoms with E-state index in [1.54, 1.807) is 13.0 Å². The average molecular weight is 300 g/mol. The number of benzene rings is 1. The van der Waals surface area contributed by atoms with Crippen LogP contribution in [0.15, 0.2) is 16.6 Å². The predicted molar refractivity (Wildman–Crippen MR) is 66.3 cm³/mol. The Morgan fingerprint density at radius 3 is 2.76 bits per heavy atom. The van der Waals surface area contributed by atoms with Crippen molar-refractivity contribution in [1.29, 1.82) is 0 Å². The molecule has 1 N–H and O–H groups in total. The minimum atomic E-state index is -0.445. The first kappa shape index (κ1) is 11.8. The number of amides is 2. The molecule has 1 aromatic rings. The second kappa shape index (κ2) is 4.33. The van der Waals surface area contributed by atoms with Crippen LogP contribution in [0, 0.1) is 17.0 Å². The number of nitro groups is 1. The van der Waals surface area contributed by atoms with Gasteiger partial charge in [-0.25, -0.2) is 4.79 Å². The summed E-state index contributed by atoms with van der Waals surface area (Å²) in [6, 6.07) is 2.84. The number of hydrogen-bond acceptors (Lipinski definition) is 3. The third-order valence-electron chi connectivity index (χ3n) is 2.61. The summed E-state index contributed by atoms with van der Waals surface area (Å²) in [5, 5.41) is 13.5. The number of nitrogens with zero attached hydrogens (tertiary/aromatic N) is 2. The van der Waals surface area contributed by atoms with E-state index in [1.807, 2.05) is 0 Å². The standard InChI is InChI=1S/C10H10BrN3O3/c1-6-4-7(11)9(5-8(6)14(16)17)13-3-2-12-10(13)15/h4-5H,2-3H2,1H3,(H,12,15). The summed E-state index contributed by atoms with van der Waals surface area (Å²) in [5.74, 6) is 0. The average Bonchev–Trinajstić information content (AvgIpc) is 2.64. The highest BCUT2D eigenvalue weighted by molar-refractivity contribution is 9.10. The zero-order valence-corrected chi connectivity index (χ0v) is 10.7. The van der Waals surface area contributed by atoms with Gasteiger partial charge in [-0.15, -0.1) is 0 Å². The van der Waals surface area contributed by atoms with E-state index in [0.717, 1.165) is 0 Å². The van der Waals surface area contributed by atoms with Crippen molar-refractivity contribution in [3.05, 3.63) is 32.3 Å². The number of nitro benzene ring substituents is 1. The fourth-order valence-corrected chi connectivity index (χ4v) is 2.43. The van der Waals surface area contributed by atoms with Crippen LogP contribution in [0.25, 0.3) is 0 Å². The Morgan fingerprint density at radius 2 is 2.24 bits per heavy atom. The summed E-state index contributed by atoms with van der Waals surface area (Å²) in [5.41, 5.74) is 1.10. The number of nitrogens with one attached hydrogen (secondary N) is 1. The largest absolute Gasteiger partial charge is 0.336 e. The van der Waals surface area contributed by atoms with Crippen molar-refractivity contribution < 1.29 is 9.72 Å². The van der Waals surface area contributed by atoms with Gasteiger partial charge in [-0.1, -0.05) is 0 Å². The van der Waals surface area contributed by atoms with Gasteiger partial charge in [0.25, 0.3) is 5.69 Å². The van der Waals surface area contributed by atoms with Gasteiger partial charge in [0.05, 0.1) is 10.6 Å². The molecule has 0 radical (unpaired) electrons. The number of urea groups is 1. The number of halogens is 1. The van der Waals surface area contributed by atoms with Crippen LogP contribution in [0.1, 0.15) is 5.56 Å². The van der Waals surface area contributed by atoms with Gasteiger partial charge in [0.2, 0.25) is 0 Å². The van der Waals surface area contributed by atoms with Crippen LogP contribution < -0.4 is 10.2 Å². The van der Waals surface area contributed by atoms with E-state index in [4.69, 9.17) is 0 Å². The molecule has 1 saturated heterocycles. The van der Waals surface area contributed by atoms with Crippen LogP contribution in [0.3, 0.4) is 0 Å². The van der Waals surface area contributed by atoms with Crippen LogP contribution in [-0.2, 0) is 0 Å². The number of carbonyl (C=O) groups is 1. The van der Waals surface area contributed by atoms with E-state index in [9.17, 15) is 14.9 Å². The number of hydrogen-bond donors (Lipinski definition) is 1. The lowest BCUT2D eigenvalue weighted by Crippen LogP contribution is -2.28. The van der Waals surface area contributed by atoms with Crippen molar-refractivity contribution in [3.63, 3.8) is 0 Å². The lowest BCUT2D eigenvalue weighted by molar-refractivity contribution is -0.385. The molecule has 0 bridgehead atoms. The van der Waals surface area contributed by atoms with Gasteiger partial charge >= 0.3 is 6.03 Å². The van der Waals surface area contributed by atoms with Gasteiger partial charge < -0.3 is 5.32 Å². The molecule has 1 aliphatic heterocycles. The SMILES string of the molecule is Cc1cc(Br)c(N2CCNC2=O)cc1[N+](=O)[O-]. The molecule has 7 heteroatoms. The molecule has 17 heavy (non-hydrogen) atoms. The fraction of sp³-hybridized carbons (Fsp3) is 0.300. The van der Waals surface area contributed by atoms with E-state index in [0.29, 0.717) is 28.8 Å². The highest BCUT2D eigenvalue weighted by atomic mass is 79.9. The van der Waals surface area contributed by atoms with E-state index in [2.05, 4.69) is 21.2 Å². The van der Waals surface area contributed by atoms with E-state index < -0.39 is 4.92 Å². The van der Waals surface area contributed by atoms with Crippen LogP contribution in [0.2, 0.25) is 0 Å². The Morgan fingerprint density at radius 1 is 1.53 bits per heavy atom. The molecule has 90 valence electrons. The normalized spacial score (nSPS) is 14.9. The Labute approximate surface area is 106 Å². The minimum absolute atomic E-state index is 0.0166. The van der Waals surface area contributed by atoms with Crippen molar-refractivity contribution in [2.45, 2.75) is 6.92 Å². The van der Waals surface area contributed by atoms with Crippen LogP contribution in [0.4, 0.5) is 16.2 Å². The molecule has 2 amide bonds. The quantitative estimate of drug-likeness (QED) is 0.672. The Balaban J connectivity index is 2.50. The van der Waals surface area contributed by atoms with Gasteiger partial charge in [0.1, 0.15) is 0 Å². The van der Waals surface area contributed by atoms with Gasteiger partial charge in [-0.05, 0) is 28.9 Å². The Kier molecular flexibility index (Phi) is 3.01. The lowest BCUT2D eigenvalue weighted by atomic mass is 10.1. The zero-order chi connectivity index (χ0) is 12.6. The molecule has 2 rings (SSSR count). The molecule has 0 aliphatic carbocycles. The Hall–Kier alpha value is -1.63. The van der Waals surface area contributed by atoms with Crippen molar-refractivity contribution in [2.24, 2.45) is 0 Å². The number of aryl methyl sites for hydroxylation is 1. The molecular formula is C10H10BrN3O3. The van der Waals surface area contributed by atoms with Crippen molar-refractivity contribution in [2.75, 3.05) is 18.0 Å². The number of anilines is 1. The van der Waals surface area contributed by atoms with Crippen molar-refractivity contribution >= 4 is 33.3 Å². The summed E-state index contributed by atoms with van der Waals surface area (Å²) < 4.78 is 0.678. The maximum absolute atomic E-state index is 11.5. The van der Waals surface area contributed by atoms with Crippen LogP contribution >= 0.6 is 15.9 Å². The zero-order valence-electron chi connectivity index (χ0n) is 9.07. The monoisotopic (exact) mass is 299 g/mol. The smallest absolute Gasteiger partial charge is 0.322 e. The van der Waals surface area contributed by atoms with Crippen LogP contribution in [0.5, 0.6) is 0 Å². The molecule has 0 saturated carbocycles. The highest BCUT2D eigenvalue weighted by Gasteiger charge is 2.25. The predicted octanol–water partition coefficient (Wildman–Crippen LogP) is 2.20. The molecule has 6 nitrogen and oxygen atoms in total. The molecular weight excluding hydrogens is 290 g/mol. The Bertz CT molecular complexity index is 504. The molecule has 1 fully saturated rings. The van der Waals surface area contributed by atoms with Crippen molar-refractivity contribution in [3.8, 4) is 0 Å². The summed E-state index contributed by atoms with van der Waals surface area (Å²) in [7, 11) is 0. The summed E-state index contributed by atoms with van der Waals surface area (Å²) in [6.45, 7) is 2.72. The van der Waals surface area contributed by atoms with Crippen LogP contribution in [-0.4, -0.2) is 24.0 Å². The molecule has 0 spiro atoms. The second-order valence-corrected chi connectivity index (χ2v) is 4.59. The van der Waals surface area contributed by atoms with Gasteiger partial charge in [-0.3, -0.25) is 15.0 Å². The van der Waals surface area contributed by atoms with E-state index >= 15 is 0 Å². The molecule has 1 aromatic carbocycles. The maximum Gasteiger partial charge on any atom is 0.322 e. The summed E-state index contributed by atoms with van der Waals surface area (Å²) in [6.07, 6.45) is 0. The second-order valence-electron chi connectivity index (χ2n) is 3.73. The van der Waals surface area contributed by atoms with E-state index in [1.165, 1.54) is 11.0 Å².